The molecule has 0 amide bonds. The summed E-state index contributed by atoms with van der Waals surface area (Å²) >= 11 is 0. The molecule has 1 aromatic heterocycles. The van der Waals surface area contributed by atoms with E-state index in [1.165, 1.54) is 25.3 Å². The van der Waals surface area contributed by atoms with Gasteiger partial charge in [-0.15, -0.1) is 0 Å². The average Bonchev–Trinajstić information content (AvgIpc) is 3.25. The number of nitrogens with zero attached hydrogens (tertiary/aromatic N) is 3. The van der Waals surface area contributed by atoms with Gasteiger partial charge in [-0.1, -0.05) is 6.42 Å². The SMILES string of the molecule is O=C(O)c1cc(F)c2nc(CN3CCCCC3)n(CC3CCCO3)c2c1. The second-order valence-corrected chi connectivity index (χ2v) is 7.24. The molecule has 0 bridgehead atoms. The van der Waals surface area contributed by atoms with Crippen molar-refractivity contribution in [3.05, 3.63) is 29.3 Å². The van der Waals surface area contributed by atoms with E-state index in [1.54, 1.807) is 0 Å². The number of rotatable bonds is 5. The number of halogens is 1. The average molecular weight is 361 g/mol. The van der Waals surface area contributed by atoms with E-state index in [2.05, 4.69) is 9.88 Å². The number of benzene rings is 1. The number of carboxylic acids is 1. The molecule has 1 aromatic carbocycles. The first-order valence-electron chi connectivity index (χ1n) is 9.38. The van der Waals surface area contributed by atoms with Crippen LogP contribution in [0, 0.1) is 5.82 Å². The van der Waals surface area contributed by atoms with Crippen LogP contribution < -0.4 is 0 Å². The summed E-state index contributed by atoms with van der Waals surface area (Å²) in [6.45, 7) is 4.02. The van der Waals surface area contributed by atoms with Crippen LogP contribution in [-0.2, 0) is 17.8 Å². The molecule has 4 rings (SSSR count). The van der Waals surface area contributed by atoms with Gasteiger partial charge in [0.1, 0.15) is 11.3 Å². The highest BCUT2D eigenvalue weighted by Gasteiger charge is 2.23. The van der Waals surface area contributed by atoms with E-state index in [0.717, 1.165) is 44.4 Å². The van der Waals surface area contributed by atoms with Crippen LogP contribution in [0.15, 0.2) is 12.1 Å². The summed E-state index contributed by atoms with van der Waals surface area (Å²) < 4.78 is 22.2. The molecule has 2 aromatic rings. The van der Waals surface area contributed by atoms with Gasteiger partial charge in [-0.05, 0) is 50.9 Å². The quantitative estimate of drug-likeness (QED) is 0.887. The third kappa shape index (κ3) is 3.46. The molecule has 0 aliphatic carbocycles. The number of hydrogen-bond acceptors (Lipinski definition) is 4. The molecule has 1 N–H and O–H groups in total. The van der Waals surface area contributed by atoms with Crippen LogP contribution in [0.2, 0.25) is 0 Å². The number of aromatic nitrogens is 2. The summed E-state index contributed by atoms with van der Waals surface area (Å²) in [5.41, 5.74) is 0.748. The molecule has 0 saturated carbocycles. The lowest BCUT2D eigenvalue weighted by atomic mass is 10.1. The van der Waals surface area contributed by atoms with Crippen LogP contribution in [0.4, 0.5) is 4.39 Å². The summed E-state index contributed by atoms with van der Waals surface area (Å²) in [5, 5.41) is 9.28. The Kier molecular flexibility index (Phi) is 4.91. The maximum Gasteiger partial charge on any atom is 0.335 e. The second kappa shape index (κ2) is 7.32. The summed E-state index contributed by atoms with van der Waals surface area (Å²) in [6.07, 6.45) is 5.65. The Morgan fingerprint density at radius 1 is 1.27 bits per heavy atom. The first-order chi connectivity index (χ1) is 12.6. The number of carboxylic acid groups (broad SMARTS) is 1. The minimum Gasteiger partial charge on any atom is -0.478 e. The summed E-state index contributed by atoms with van der Waals surface area (Å²) in [7, 11) is 0. The fourth-order valence-electron chi connectivity index (χ4n) is 3.99. The molecule has 2 aliphatic rings. The van der Waals surface area contributed by atoms with Crippen LogP contribution >= 0.6 is 0 Å². The monoisotopic (exact) mass is 361 g/mol. The molecule has 2 saturated heterocycles. The van der Waals surface area contributed by atoms with Crippen molar-refractivity contribution in [3.8, 4) is 0 Å². The molecule has 1 atom stereocenters. The fraction of sp³-hybridized carbons (Fsp3) is 0.579. The van der Waals surface area contributed by atoms with Crippen molar-refractivity contribution in [2.24, 2.45) is 0 Å². The van der Waals surface area contributed by atoms with Gasteiger partial charge in [0, 0.05) is 6.61 Å². The highest BCUT2D eigenvalue weighted by Crippen LogP contribution is 2.25. The Labute approximate surface area is 151 Å². The normalized spacial score (nSPS) is 21.5. The number of imidazole rings is 1. The van der Waals surface area contributed by atoms with Gasteiger partial charge < -0.3 is 14.4 Å². The predicted octanol–water partition coefficient (Wildman–Crippen LogP) is 3.04. The number of hydrogen-bond donors (Lipinski definition) is 1. The Hall–Kier alpha value is -1.99. The molecule has 0 radical (unpaired) electrons. The van der Waals surface area contributed by atoms with Crippen LogP contribution in [0.1, 0.15) is 48.3 Å². The number of fused-ring (bicyclic) bond motifs is 1. The largest absolute Gasteiger partial charge is 0.478 e. The van der Waals surface area contributed by atoms with Gasteiger partial charge in [0.15, 0.2) is 5.82 Å². The van der Waals surface area contributed by atoms with Gasteiger partial charge in [0.2, 0.25) is 0 Å². The molecule has 3 heterocycles. The highest BCUT2D eigenvalue weighted by molar-refractivity contribution is 5.92. The van der Waals surface area contributed by atoms with Crippen LogP contribution in [-0.4, -0.2) is 51.3 Å². The van der Waals surface area contributed by atoms with Gasteiger partial charge >= 0.3 is 5.97 Å². The van der Waals surface area contributed by atoms with Crippen molar-refractivity contribution in [2.45, 2.75) is 51.3 Å². The van der Waals surface area contributed by atoms with Crippen molar-refractivity contribution in [1.29, 1.82) is 0 Å². The zero-order valence-corrected chi connectivity index (χ0v) is 14.8. The first-order valence-corrected chi connectivity index (χ1v) is 9.38. The molecule has 26 heavy (non-hydrogen) atoms. The van der Waals surface area contributed by atoms with Gasteiger partial charge in [-0.2, -0.15) is 0 Å². The standard InChI is InChI=1S/C19H24FN3O3/c20-15-9-13(19(24)25)10-16-18(15)21-17(12-22-6-2-1-3-7-22)23(16)11-14-5-4-8-26-14/h9-10,14H,1-8,11-12H2,(H,24,25). The summed E-state index contributed by atoms with van der Waals surface area (Å²) in [6, 6.07) is 2.58. The van der Waals surface area contributed by atoms with E-state index in [-0.39, 0.29) is 17.2 Å². The lowest BCUT2D eigenvalue weighted by Crippen LogP contribution is -2.31. The van der Waals surface area contributed by atoms with Crippen molar-refractivity contribution in [3.63, 3.8) is 0 Å². The van der Waals surface area contributed by atoms with Crippen LogP contribution in [0.3, 0.4) is 0 Å². The Balaban J connectivity index is 1.74. The molecular formula is C19H24FN3O3. The van der Waals surface area contributed by atoms with E-state index in [4.69, 9.17) is 4.74 Å². The Morgan fingerprint density at radius 3 is 2.77 bits per heavy atom. The molecular weight excluding hydrogens is 337 g/mol. The topological polar surface area (TPSA) is 67.6 Å². The highest BCUT2D eigenvalue weighted by atomic mass is 19.1. The minimum atomic E-state index is -1.13. The van der Waals surface area contributed by atoms with Gasteiger partial charge in [-0.25, -0.2) is 14.2 Å². The molecule has 2 aliphatic heterocycles. The zero-order valence-electron chi connectivity index (χ0n) is 14.8. The molecule has 0 spiro atoms. The van der Waals surface area contributed by atoms with Crippen LogP contribution in [0.25, 0.3) is 11.0 Å². The zero-order chi connectivity index (χ0) is 18.1. The van der Waals surface area contributed by atoms with E-state index in [0.29, 0.717) is 18.6 Å². The smallest absolute Gasteiger partial charge is 0.335 e. The predicted molar refractivity (Wildman–Crippen MR) is 94.8 cm³/mol. The minimum absolute atomic E-state index is 0.0481. The third-order valence-electron chi connectivity index (χ3n) is 5.36. The van der Waals surface area contributed by atoms with Gasteiger partial charge in [0.25, 0.3) is 0 Å². The fourth-order valence-corrected chi connectivity index (χ4v) is 3.99. The number of piperidine rings is 1. The number of likely N-dealkylation sites (tertiary alicyclic amines) is 1. The van der Waals surface area contributed by atoms with E-state index in [1.807, 2.05) is 4.57 Å². The molecule has 140 valence electrons. The molecule has 6 nitrogen and oxygen atoms in total. The Morgan fingerprint density at radius 2 is 2.08 bits per heavy atom. The molecule has 2 fully saturated rings. The maximum atomic E-state index is 14.5. The van der Waals surface area contributed by atoms with E-state index >= 15 is 0 Å². The van der Waals surface area contributed by atoms with Crippen molar-refractivity contribution in [1.82, 2.24) is 14.5 Å². The van der Waals surface area contributed by atoms with Gasteiger partial charge in [0.05, 0.1) is 30.3 Å². The Bertz CT molecular complexity index is 808. The van der Waals surface area contributed by atoms with Crippen LogP contribution in [0.5, 0.6) is 0 Å². The van der Waals surface area contributed by atoms with E-state index in [9.17, 15) is 14.3 Å². The van der Waals surface area contributed by atoms with Crippen molar-refractivity contribution < 1.29 is 19.0 Å². The molecule has 1 unspecified atom stereocenters. The maximum absolute atomic E-state index is 14.5. The molecule has 7 heteroatoms. The van der Waals surface area contributed by atoms with Crippen molar-refractivity contribution >= 4 is 17.0 Å². The van der Waals surface area contributed by atoms with E-state index < -0.39 is 11.8 Å². The van der Waals surface area contributed by atoms with Crippen molar-refractivity contribution in [2.75, 3.05) is 19.7 Å². The summed E-state index contributed by atoms with van der Waals surface area (Å²) in [4.78, 5) is 18.2. The lowest BCUT2D eigenvalue weighted by Gasteiger charge is -2.26. The first kappa shape index (κ1) is 17.4. The number of carbonyl (C=O) groups is 1. The van der Waals surface area contributed by atoms with Gasteiger partial charge in [-0.3, -0.25) is 4.90 Å². The number of ether oxygens (including phenoxy) is 1. The number of aromatic carboxylic acids is 1. The second-order valence-electron chi connectivity index (χ2n) is 7.24. The lowest BCUT2D eigenvalue weighted by molar-refractivity contribution is 0.0696. The summed E-state index contributed by atoms with van der Waals surface area (Å²) in [5.74, 6) is -0.919. The third-order valence-corrected chi connectivity index (χ3v) is 5.36.